The molecule has 0 unspecified atom stereocenters. The van der Waals surface area contributed by atoms with Gasteiger partial charge >= 0.3 is 0 Å². The number of aryl methyl sites for hydroxylation is 1. The largest absolute Gasteiger partial charge is 0.357 e. The Kier molecular flexibility index (Phi) is 8.26. The third-order valence-corrected chi connectivity index (χ3v) is 4.99. The minimum absolute atomic E-state index is 0.00771. The Morgan fingerprint density at radius 2 is 1.93 bits per heavy atom. The molecular formula is C20H29N5OS. The van der Waals surface area contributed by atoms with Gasteiger partial charge in [-0.2, -0.15) is 0 Å². The fourth-order valence-electron chi connectivity index (χ4n) is 2.46. The number of hydrogen-bond acceptors (Lipinski definition) is 4. The summed E-state index contributed by atoms with van der Waals surface area (Å²) >= 11 is 1.72. The Labute approximate surface area is 165 Å². The summed E-state index contributed by atoms with van der Waals surface area (Å²) in [5.41, 5.74) is 2.88. The van der Waals surface area contributed by atoms with Crippen molar-refractivity contribution in [2.24, 2.45) is 4.99 Å². The smallest absolute Gasteiger partial charge is 0.253 e. The molecule has 6 nitrogen and oxygen atoms in total. The Balaban J connectivity index is 1.89. The van der Waals surface area contributed by atoms with E-state index in [4.69, 9.17) is 0 Å². The lowest BCUT2D eigenvalue weighted by Gasteiger charge is -2.11. The second-order valence-electron chi connectivity index (χ2n) is 6.35. The first-order chi connectivity index (χ1) is 13.0. The van der Waals surface area contributed by atoms with Gasteiger partial charge in [-0.3, -0.25) is 4.79 Å². The summed E-state index contributed by atoms with van der Waals surface area (Å²) in [6.45, 7) is 6.32. The van der Waals surface area contributed by atoms with E-state index in [9.17, 15) is 4.79 Å². The number of nitrogens with zero attached hydrogens (tertiary/aromatic N) is 3. The highest BCUT2D eigenvalue weighted by Crippen LogP contribution is 2.10. The minimum Gasteiger partial charge on any atom is -0.357 e. The van der Waals surface area contributed by atoms with E-state index in [1.54, 1.807) is 30.3 Å². The fourth-order valence-corrected chi connectivity index (χ4v) is 3.24. The molecule has 1 aromatic carbocycles. The molecule has 27 heavy (non-hydrogen) atoms. The average molecular weight is 388 g/mol. The maximum absolute atomic E-state index is 11.9. The van der Waals surface area contributed by atoms with Crippen LogP contribution in [-0.2, 0) is 19.4 Å². The van der Waals surface area contributed by atoms with Crippen molar-refractivity contribution in [3.05, 3.63) is 51.5 Å². The highest BCUT2D eigenvalue weighted by molar-refractivity contribution is 7.09. The Morgan fingerprint density at radius 3 is 2.52 bits per heavy atom. The molecule has 146 valence electrons. The van der Waals surface area contributed by atoms with Gasteiger partial charge in [0.05, 0.1) is 17.2 Å². The summed E-state index contributed by atoms with van der Waals surface area (Å²) in [6, 6.07) is 7.60. The molecule has 2 rings (SSSR count). The molecular weight excluding hydrogens is 358 g/mol. The fraction of sp³-hybridized carbons (Fsp3) is 0.450. The highest BCUT2D eigenvalue weighted by Gasteiger charge is 2.07. The van der Waals surface area contributed by atoms with Crippen molar-refractivity contribution in [3.63, 3.8) is 0 Å². The second kappa shape index (κ2) is 10.7. The molecule has 2 N–H and O–H groups in total. The van der Waals surface area contributed by atoms with Gasteiger partial charge in [0.15, 0.2) is 5.96 Å². The summed E-state index contributed by atoms with van der Waals surface area (Å²) in [4.78, 5) is 22.7. The van der Waals surface area contributed by atoms with Crippen molar-refractivity contribution in [1.29, 1.82) is 0 Å². The van der Waals surface area contributed by atoms with Gasteiger partial charge in [0.2, 0.25) is 0 Å². The molecule has 0 aliphatic carbocycles. The number of benzene rings is 1. The lowest BCUT2D eigenvalue weighted by atomic mass is 10.1. The predicted octanol–water partition coefficient (Wildman–Crippen LogP) is 2.71. The van der Waals surface area contributed by atoms with Crippen molar-refractivity contribution >= 4 is 23.2 Å². The van der Waals surface area contributed by atoms with Gasteiger partial charge in [0, 0.05) is 44.5 Å². The molecule has 0 fully saturated rings. The van der Waals surface area contributed by atoms with Crippen LogP contribution >= 0.6 is 11.3 Å². The zero-order valence-corrected chi connectivity index (χ0v) is 17.4. The quantitative estimate of drug-likeness (QED) is 0.540. The summed E-state index contributed by atoms with van der Waals surface area (Å²) in [5, 5.41) is 9.92. The lowest BCUT2D eigenvalue weighted by molar-refractivity contribution is 0.0827. The van der Waals surface area contributed by atoms with Crippen molar-refractivity contribution in [2.45, 2.75) is 33.2 Å². The molecule has 0 radical (unpaired) electrons. The van der Waals surface area contributed by atoms with Crippen LogP contribution < -0.4 is 10.6 Å². The van der Waals surface area contributed by atoms with Gasteiger partial charge in [-0.15, -0.1) is 11.3 Å². The topological polar surface area (TPSA) is 69.6 Å². The number of guanidine groups is 1. The van der Waals surface area contributed by atoms with Gasteiger partial charge < -0.3 is 15.5 Å². The van der Waals surface area contributed by atoms with Crippen molar-refractivity contribution < 1.29 is 4.79 Å². The molecule has 0 aliphatic heterocycles. The number of nitrogens with one attached hydrogen (secondary N) is 2. The normalized spacial score (nSPS) is 11.3. The predicted molar refractivity (Wildman–Crippen MR) is 112 cm³/mol. The van der Waals surface area contributed by atoms with Crippen LogP contribution in [0.1, 0.15) is 40.5 Å². The van der Waals surface area contributed by atoms with Crippen LogP contribution in [0.4, 0.5) is 0 Å². The summed E-state index contributed by atoms with van der Waals surface area (Å²) in [7, 11) is 3.51. The number of aromatic nitrogens is 1. The summed E-state index contributed by atoms with van der Waals surface area (Å²) in [5.74, 6) is 0.796. The Hall–Kier alpha value is -2.41. The van der Waals surface area contributed by atoms with Crippen LogP contribution in [0.2, 0.25) is 0 Å². The number of carbonyl (C=O) groups is 1. The van der Waals surface area contributed by atoms with Crippen LogP contribution in [0, 0.1) is 0 Å². The van der Waals surface area contributed by atoms with Crippen LogP contribution in [0.15, 0.2) is 34.6 Å². The van der Waals surface area contributed by atoms with E-state index in [0.29, 0.717) is 12.1 Å². The van der Waals surface area contributed by atoms with E-state index in [1.807, 2.05) is 31.2 Å². The lowest BCUT2D eigenvalue weighted by Crippen LogP contribution is -2.38. The van der Waals surface area contributed by atoms with E-state index in [1.165, 1.54) is 5.01 Å². The van der Waals surface area contributed by atoms with E-state index >= 15 is 0 Å². The molecule has 0 spiro atoms. The molecule has 0 saturated heterocycles. The van der Waals surface area contributed by atoms with E-state index in [-0.39, 0.29) is 5.91 Å². The highest BCUT2D eigenvalue weighted by atomic mass is 32.1. The van der Waals surface area contributed by atoms with Gasteiger partial charge in [-0.25, -0.2) is 9.98 Å². The average Bonchev–Trinajstić information content (AvgIpc) is 3.14. The standard InChI is InChI=1S/C20H29N5OS/c1-5-18-24-17(14-27-18)11-12-22-20(21-6-2)23-13-15-7-9-16(10-8-15)19(26)25(3)4/h7-10,14H,5-6,11-13H2,1-4H3,(H2,21,22,23). The molecule has 2 aromatic rings. The number of carbonyl (C=O) groups excluding carboxylic acids is 1. The van der Waals surface area contributed by atoms with Gasteiger partial charge in [0.25, 0.3) is 5.91 Å². The first-order valence-electron chi connectivity index (χ1n) is 9.29. The van der Waals surface area contributed by atoms with Crippen LogP contribution in [0.5, 0.6) is 0 Å². The Bertz CT molecular complexity index is 752. The van der Waals surface area contributed by atoms with Crippen molar-refractivity contribution in [2.75, 3.05) is 27.2 Å². The molecule has 7 heteroatoms. The number of rotatable bonds is 8. The molecule has 1 aromatic heterocycles. The number of hydrogen-bond donors (Lipinski definition) is 2. The molecule has 0 bridgehead atoms. The third-order valence-electron chi connectivity index (χ3n) is 3.95. The summed E-state index contributed by atoms with van der Waals surface area (Å²) < 4.78 is 0. The molecule has 1 heterocycles. The monoisotopic (exact) mass is 387 g/mol. The SMILES string of the molecule is CCNC(=NCc1ccc(C(=O)N(C)C)cc1)NCCc1csc(CC)n1. The van der Waals surface area contributed by atoms with E-state index in [0.717, 1.165) is 43.1 Å². The molecule has 0 aliphatic rings. The van der Waals surface area contributed by atoms with E-state index in [2.05, 4.69) is 32.9 Å². The maximum atomic E-state index is 11.9. The maximum Gasteiger partial charge on any atom is 0.253 e. The molecule has 0 saturated carbocycles. The van der Waals surface area contributed by atoms with Crippen molar-refractivity contribution in [3.8, 4) is 0 Å². The van der Waals surface area contributed by atoms with Gasteiger partial charge in [0.1, 0.15) is 0 Å². The van der Waals surface area contributed by atoms with Gasteiger partial charge in [-0.05, 0) is 31.0 Å². The molecule has 1 amide bonds. The first-order valence-corrected chi connectivity index (χ1v) is 10.2. The van der Waals surface area contributed by atoms with Crippen LogP contribution in [0.25, 0.3) is 0 Å². The third kappa shape index (κ3) is 6.67. The Morgan fingerprint density at radius 1 is 1.19 bits per heavy atom. The van der Waals surface area contributed by atoms with Crippen molar-refractivity contribution in [1.82, 2.24) is 20.5 Å². The first kappa shape index (κ1) is 20.9. The number of thiazole rings is 1. The van der Waals surface area contributed by atoms with E-state index < -0.39 is 0 Å². The minimum atomic E-state index is 0.00771. The zero-order valence-electron chi connectivity index (χ0n) is 16.6. The van der Waals surface area contributed by atoms with Gasteiger partial charge in [-0.1, -0.05) is 19.1 Å². The van der Waals surface area contributed by atoms with Crippen LogP contribution in [-0.4, -0.2) is 48.9 Å². The summed E-state index contributed by atoms with van der Waals surface area (Å²) in [6.07, 6.45) is 1.86. The zero-order chi connectivity index (χ0) is 19.6. The number of amides is 1. The van der Waals surface area contributed by atoms with Crippen LogP contribution in [0.3, 0.4) is 0 Å². The molecule has 0 atom stereocenters. The second-order valence-corrected chi connectivity index (χ2v) is 7.30. The number of aliphatic imine (C=N–C) groups is 1.